The van der Waals surface area contributed by atoms with Gasteiger partial charge in [-0.25, -0.2) is 14.8 Å². The van der Waals surface area contributed by atoms with Crippen LogP contribution in [0.2, 0.25) is 0 Å². The average Bonchev–Trinajstić information content (AvgIpc) is 2.89. The maximum Gasteiger partial charge on any atom is 0.323 e. The molecule has 186 valence electrons. The fourth-order valence-electron chi connectivity index (χ4n) is 4.62. The van der Waals surface area contributed by atoms with Gasteiger partial charge in [0.05, 0.1) is 6.61 Å². The van der Waals surface area contributed by atoms with Crippen LogP contribution in [0, 0.1) is 5.92 Å². The van der Waals surface area contributed by atoms with E-state index >= 15 is 0 Å². The van der Waals surface area contributed by atoms with Gasteiger partial charge in [-0.1, -0.05) is 38.2 Å². The van der Waals surface area contributed by atoms with Crippen LogP contribution in [0.5, 0.6) is 5.75 Å². The minimum Gasteiger partial charge on any atom is -0.494 e. The Hall–Kier alpha value is -3.69. The Morgan fingerprint density at radius 1 is 1.00 bits per heavy atom. The van der Waals surface area contributed by atoms with E-state index in [4.69, 9.17) is 10.5 Å². The smallest absolute Gasteiger partial charge is 0.323 e. The van der Waals surface area contributed by atoms with Crippen molar-refractivity contribution >= 4 is 23.7 Å². The first kappa shape index (κ1) is 24.4. The summed E-state index contributed by atoms with van der Waals surface area (Å²) in [4.78, 5) is 48.3. The molecule has 10 nitrogen and oxygen atoms in total. The summed E-state index contributed by atoms with van der Waals surface area (Å²) in [6.45, 7) is 2.15. The molecule has 2 aliphatic rings. The van der Waals surface area contributed by atoms with E-state index in [0.29, 0.717) is 44.1 Å². The zero-order valence-corrected chi connectivity index (χ0v) is 19.8. The van der Waals surface area contributed by atoms with Gasteiger partial charge < -0.3 is 20.3 Å². The fraction of sp³-hybridized carbons (Fsp3) is 0.480. The second-order valence-electron chi connectivity index (χ2n) is 9.00. The molecular formula is C25H32N6O4. The van der Waals surface area contributed by atoms with Gasteiger partial charge in [-0.3, -0.25) is 14.9 Å². The summed E-state index contributed by atoms with van der Waals surface area (Å²) in [6, 6.07) is 6.88. The molecule has 0 spiro atoms. The molecule has 1 aliphatic heterocycles. The molecule has 4 rings (SSSR count). The summed E-state index contributed by atoms with van der Waals surface area (Å²) < 4.78 is 5.94. The number of nitrogens with two attached hydrogens (primary N) is 1. The maximum atomic E-state index is 13.0. The van der Waals surface area contributed by atoms with Gasteiger partial charge >= 0.3 is 6.03 Å². The summed E-state index contributed by atoms with van der Waals surface area (Å²) in [6.07, 6.45) is 10.3. The Morgan fingerprint density at radius 3 is 2.46 bits per heavy atom. The van der Waals surface area contributed by atoms with Crippen molar-refractivity contribution in [1.82, 2.24) is 19.8 Å². The number of hydrogen-bond donors (Lipinski definition) is 2. The van der Waals surface area contributed by atoms with Gasteiger partial charge in [0.2, 0.25) is 0 Å². The number of carbonyl (C=O) groups is 3. The molecule has 1 saturated carbocycles. The molecule has 0 atom stereocenters. The van der Waals surface area contributed by atoms with E-state index in [9.17, 15) is 14.4 Å². The molecular weight excluding hydrogens is 448 g/mol. The third-order valence-corrected chi connectivity index (χ3v) is 6.61. The van der Waals surface area contributed by atoms with Gasteiger partial charge in [0.15, 0.2) is 11.5 Å². The first-order valence-electron chi connectivity index (χ1n) is 12.2. The molecule has 10 heteroatoms. The second-order valence-corrected chi connectivity index (χ2v) is 9.00. The Balaban J connectivity index is 1.27. The van der Waals surface area contributed by atoms with Crippen LogP contribution in [-0.4, -0.2) is 70.4 Å². The van der Waals surface area contributed by atoms with Crippen LogP contribution < -0.4 is 15.8 Å². The number of amides is 4. The Kier molecular flexibility index (Phi) is 8.12. The van der Waals surface area contributed by atoms with Crippen LogP contribution in [0.25, 0.3) is 0 Å². The van der Waals surface area contributed by atoms with E-state index in [0.717, 1.165) is 12.3 Å². The van der Waals surface area contributed by atoms with Crippen molar-refractivity contribution in [3.63, 3.8) is 0 Å². The standard InChI is InChI=1S/C25H32N6O4/c26-22(32)21-23(28-11-10-27-21)29-25(34)31-14-12-30(13-15-31)24(33)19-7-4-8-20(17-19)35-16-9-18-5-2-1-3-6-18/h4,7-8,10-11,17-18H,1-3,5-6,9,12-16H2,(H2,26,32)(H,28,29,34). The van der Waals surface area contributed by atoms with E-state index in [2.05, 4.69) is 15.3 Å². The van der Waals surface area contributed by atoms with Crippen molar-refractivity contribution in [3.8, 4) is 5.75 Å². The molecule has 4 amide bonds. The number of hydrogen-bond acceptors (Lipinski definition) is 6. The SMILES string of the molecule is NC(=O)c1nccnc1NC(=O)N1CCN(C(=O)c2cccc(OCCC3CCCCC3)c2)CC1. The molecule has 2 fully saturated rings. The summed E-state index contributed by atoms with van der Waals surface area (Å²) in [5.74, 6) is 0.609. The molecule has 35 heavy (non-hydrogen) atoms. The van der Waals surface area contributed by atoms with Crippen molar-refractivity contribution in [3.05, 3.63) is 47.9 Å². The number of carbonyl (C=O) groups excluding carboxylic acids is 3. The number of urea groups is 1. The van der Waals surface area contributed by atoms with E-state index in [1.165, 1.54) is 44.5 Å². The van der Waals surface area contributed by atoms with Crippen LogP contribution in [0.3, 0.4) is 0 Å². The number of piperazine rings is 1. The van der Waals surface area contributed by atoms with Crippen molar-refractivity contribution in [1.29, 1.82) is 0 Å². The van der Waals surface area contributed by atoms with Crippen molar-refractivity contribution in [2.24, 2.45) is 11.7 Å². The largest absolute Gasteiger partial charge is 0.494 e. The van der Waals surface area contributed by atoms with Crippen LogP contribution in [0.15, 0.2) is 36.7 Å². The Labute approximate surface area is 204 Å². The molecule has 2 heterocycles. The number of ether oxygens (including phenoxy) is 1. The lowest BCUT2D eigenvalue weighted by Gasteiger charge is -2.34. The predicted octanol–water partition coefficient (Wildman–Crippen LogP) is 2.91. The highest BCUT2D eigenvalue weighted by Crippen LogP contribution is 2.26. The average molecular weight is 481 g/mol. The number of nitrogens with one attached hydrogen (secondary N) is 1. The van der Waals surface area contributed by atoms with Gasteiger partial charge in [-0.2, -0.15) is 0 Å². The fourth-order valence-corrected chi connectivity index (χ4v) is 4.62. The lowest BCUT2D eigenvalue weighted by atomic mass is 9.87. The van der Waals surface area contributed by atoms with E-state index in [1.54, 1.807) is 21.9 Å². The molecule has 3 N–H and O–H groups in total. The topological polar surface area (TPSA) is 131 Å². The lowest BCUT2D eigenvalue weighted by molar-refractivity contribution is 0.0671. The predicted molar refractivity (Wildman–Crippen MR) is 130 cm³/mol. The molecule has 2 aromatic rings. The minimum absolute atomic E-state index is 0.0174. The van der Waals surface area contributed by atoms with E-state index < -0.39 is 11.9 Å². The van der Waals surface area contributed by atoms with Crippen molar-refractivity contribution in [2.45, 2.75) is 38.5 Å². The number of rotatable bonds is 7. The van der Waals surface area contributed by atoms with Gasteiger partial charge in [-0.05, 0) is 30.5 Å². The third-order valence-electron chi connectivity index (χ3n) is 6.61. The Bertz CT molecular complexity index is 1050. The normalized spacial score (nSPS) is 16.6. The Morgan fingerprint density at radius 2 is 1.71 bits per heavy atom. The third kappa shape index (κ3) is 6.46. The quantitative estimate of drug-likeness (QED) is 0.627. The van der Waals surface area contributed by atoms with E-state index in [-0.39, 0.29) is 17.4 Å². The van der Waals surface area contributed by atoms with E-state index in [1.807, 2.05) is 12.1 Å². The van der Waals surface area contributed by atoms with Gasteiger partial charge in [-0.15, -0.1) is 0 Å². The number of nitrogens with zero attached hydrogens (tertiary/aromatic N) is 4. The zero-order valence-electron chi connectivity index (χ0n) is 19.8. The van der Waals surface area contributed by atoms with Gasteiger partial charge in [0.1, 0.15) is 5.75 Å². The monoisotopic (exact) mass is 480 g/mol. The number of anilines is 1. The summed E-state index contributed by atoms with van der Waals surface area (Å²) in [5, 5.41) is 2.58. The van der Waals surface area contributed by atoms with Crippen LogP contribution >= 0.6 is 0 Å². The first-order chi connectivity index (χ1) is 17.0. The highest BCUT2D eigenvalue weighted by atomic mass is 16.5. The number of primary amides is 1. The zero-order chi connectivity index (χ0) is 24.6. The van der Waals surface area contributed by atoms with Crippen LogP contribution in [0.4, 0.5) is 10.6 Å². The van der Waals surface area contributed by atoms with Gasteiger partial charge in [0, 0.05) is 44.1 Å². The number of benzene rings is 1. The molecule has 1 aromatic carbocycles. The molecule has 0 bridgehead atoms. The molecule has 0 unspecified atom stereocenters. The number of aromatic nitrogens is 2. The lowest BCUT2D eigenvalue weighted by Crippen LogP contribution is -2.51. The highest BCUT2D eigenvalue weighted by molar-refractivity contribution is 6.00. The molecule has 1 saturated heterocycles. The van der Waals surface area contributed by atoms with Crippen molar-refractivity contribution in [2.75, 3.05) is 38.1 Å². The van der Waals surface area contributed by atoms with Crippen LogP contribution in [-0.2, 0) is 0 Å². The highest BCUT2D eigenvalue weighted by Gasteiger charge is 2.26. The summed E-state index contributed by atoms with van der Waals surface area (Å²) >= 11 is 0. The van der Waals surface area contributed by atoms with Crippen LogP contribution in [0.1, 0.15) is 59.4 Å². The first-order valence-corrected chi connectivity index (χ1v) is 12.2. The maximum absolute atomic E-state index is 13.0. The van der Waals surface area contributed by atoms with Crippen molar-refractivity contribution < 1.29 is 19.1 Å². The summed E-state index contributed by atoms with van der Waals surface area (Å²) in [7, 11) is 0. The second kappa shape index (κ2) is 11.6. The minimum atomic E-state index is -0.774. The van der Waals surface area contributed by atoms with Gasteiger partial charge in [0.25, 0.3) is 11.8 Å². The molecule has 1 aromatic heterocycles. The molecule has 0 radical (unpaired) electrons. The summed E-state index contributed by atoms with van der Waals surface area (Å²) in [5.41, 5.74) is 5.76. The molecule has 1 aliphatic carbocycles.